The van der Waals surface area contributed by atoms with Crippen LogP contribution in [0.2, 0.25) is 0 Å². The van der Waals surface area contributed by atoms with Crippen molar-refractivity contribution in [2.24, 2.45) is 0 Å². The second-order valence-electron chi connectivity index (χ2n) is 13.8. The van der Waals surface area contributed by atoms with Gasteiger partial charge in [-0.25, -0.2) is 0 Å². The summed E-state index contributed by atoms with van der Waals surface area (Å²) in [5.41, 5.74) is 17.7. The molecule has 0 spiro atoms. The van der Waals surface area contributed by atoms with Crippen molar-refractivity contribution in [3.05, 3.63) is 225 Å². The first-order valence-electron chi connectivity index (χ1n) is 18.2. The zero-order chi connectivity index (χ0) is 36.7. The van der Waals surface area contributed by atoms with Gasteiger partial charge in [0.05, 0.1) is 7.11 Å². The van der Waals surface area contributed by atoms with Crippen molar-refractivity contribution in [1.82, 2.24) is 0 Å². The summed E-state index contributed by atoms with van der Waals surface area (Å²) in [4.78, 5) is 2.29. The highest BCUT2D eigenvalue weighted by Crippen LogP contribution is 2.37. The van der Waals surface area contributed by atoms with E-state index in [1.807, 2.05) is 12.1 Å². The van der Waals surface area contributed by atoms with Crippen molar-refractivity contribution in [2.75, 3.05) is 12.0 Å². The van der Waals surface area contributed by atoms with Gasteiger partial charge in [0.25, 0.3) is 0 Å². The standard InChI is InChI=1S/C51H45NO/c1-36-6-18-42(19-7-36)50(43-20-8-37(2)9-21-43)34-40-14-26-46(27-15-40)52(48-30-32-49(53-5)33-31-48)47-28-16-41(17-29-47)35-51(44-22-10-38(3)11-23-44)45-24-12-39(4)13-25-45/h6-35H,1-5H3. The number of methoxy groups -OCH3 is 1. The third-order valence-corrected chi connectivity index (χ3v) is 9.71. The first-order chi connectivity index (χ1) is 25.8. The molecule has 0 radical (unpaired) electrons. The van der Waals surface area contributed by atoms with Crippen LogP contribution >= 0.6 is 0 Å². The van der Waals surface area contributed by atoms with Gasteiger partial charge in [-0.05, 0) is 133 Å². The summed E-state index contributed by atoms with van der Waals surface area (Å²) in [5.74, 6) is 0.828. The Morgan fingerprint density at radius 3 is 0.887 bits per heavy atom. The number of benzene rings is 7. The molecule has 7 aromatic rings. The lowest BCUT2D eigenvalue weighted by Gasteiger charge is -2.26. The number of hydrogen-bond donors (Lipinski definition) is 0. The van der Waals surface area contributed by atoms with E-state index in [4.69, 9.17) is 4.74 Å². The fourth-order valence-electron chi connectivity index (χ4n) is 6.55. The third-order valence-electron chi connectivity index (χ3n) is 9.71. The highest BCUT2D eigenvalue weighted by Gasteiger charge is 2.14. The fraction of sp³-hybridized carbons (Fsp3) is 0.0980. The maximum Gasteiger partial charge on any atom is 0.119 e. The number of anilines is 3. The van der Waals surface area contributed by atoms with Gasteiger partial charge in [0, 0.05) is 17.1 Å². The molecular formula is C51H45NO. The van der Waals surface area contributed by atoms with E-state index < -0.39 is 0 Å². The maximum absolute atomic E-state index is 5.51. The highest BCUT2D eigenvalue weighted by atomic mass is 16.5. The number of rotatable bonds is 10. The van der Waals surface area contributed by atoms with Gasteiger partial charge in [-0.3, -0.25) is 0 Å². The van der Waals surface area contributed by atoms with Crippen molar-refractivity contribution in [1.29, 1.82) is 0 Å². The van der Waals surface area contributed by atoms with E-state index >= 15 is 0 Å². The Balaban J connectivity index is 1.25. The number of aryl methyl sites for hydroxylation is 4. The minimum Gasteiger partial charge on any atom is -0.497 e. The van der Waals surface area contributed by atoms with E-state index in [2.05, 4.69) is 202 Å². The molecule has 0 amide bonds. The molecule has 0 aliphatic heterocycles. The first-order valence-corrected chi connectivity index (χ1v) is 18.2. The smallest absolute Gasteiger partial charge is 0.119 e. The van der Waals surface area contributed by atoms with Crippen LogP contribution in [-0.4, -0.2) is 7.11 Å². The second-order valence-corrected chi connectivity index (χ2v) is 13.8. The Bertz CT molecular complexity index is 2080. The maximum atomic E-state index is 5.51. The van der Waals surface area contributed by atoms with Crippen molar-refractivity contribution < 1.29 is 4.74 Å². The van der Waals surface area contributed by atoms with Crippen LogP contribution in [0.25, 0.3) is 23.3 Å². The summed E-state index contributed by atoms with van der Waals surface area (Å²) >= 11 is 0. The minimum absolute atomic E-state index is 0.828. The molecule has 0 fully saturated rings. The molecule has 0 aliphatic carbocycles. The van der Waals surface area contributed by atoms with Crippen molar-refractivity contribution in [3.8, 4) is 5.75 Å². The molecule has 7 aromatic carbocycles. The van der Waals surface area contributed by atoms with Crippen molar-refractivity contribution in [3.63, 3.8) is 0 Å². The molecule has 0 saturated heterocycles. The van der Waals surface area contributed by atoms with Gasteiger partial charge in [0.15, 0.2) is 0 Å². The molecule has 2 nitrogen and oxygen atoms in total. The molecule has 0 unspecified atom stereocenters. The SMILES string of the molecule is COc1ccc(N(c2ccc(C=C(c3ccc(C)cc3)c3ccc(C)cc3)cc2)c2ccc(C=C(c3ccc(C)cc3)c3ccc(C)cc3)cc2)cc1. The second kappa shape index (κ2) is 15.9. The van der Waals surface area contributed by atoms with E-state index in [9.17, 15) is 0 Å². The monoisotopic (exact) mass is 687 g/mol. The molecule has 0 heterocycles. The predicted molar refractivity (Wildman–Crippen MR) is 226 cm³/mol. The highest BCUT2D eigenvalue weighted by molar-refractivity contribution is 5.93. The van der Waals surface area contributed by atoms with E-state index in [-0.39, 0.29) is 0 Å². The van der Waals surface area contributed by atoms with Gasteiger partial charge in [-0.15, -0.1) is 0 Å². The Labute approximate surface area is 315 Å². The molecule has 0 bridgehead atoms. The van der Waals surface area contributed by atoms with Gasteiger partial charge >= 0.3 is 0 Å². The Kier molecular flexibility index (Phi) is 10.5. The summed E-state index contributed by atoms with van der Waals surface area (Å²) in [5, 5.41) is 0. The fourth-order valence-corrected chi connectivity index (χ4v) is 6.55. The molecule has 0 atom stereocenters. The van der Waals surface area contributed by atoms with Crippen LogP contribution in [-0.2, 0) is 0 Å². The molecule has 260 valence electrons. The number of ether oxygens (including phenoxy) is 1. The summed E-state index contributed by atoms with van der Waals surface area (Å²) in [7, 11) is 1.70. The van der Waals surface area contributed by atoms with Crippen molar-refractivity contribution >= 4 is 40.4 Å². The quantitative estimate of drug-likeness (QED) is 0.133. The topological polar surface area (TPSA) is 12.5 Å². The minimum atomic E-state index is 0.828. The first kappa shape index (κ1) is 35.0. The molecule has 0 aromatic heterocycles. The molecule has 2 heteroatoms. The lowest BCUT2D eigenvalue weighted by atomic mass is 9.94. The van der Waals surface area contributed by atoms with E-state index in [0.717, 1.165) is 33.9 Å². The third kappa shape index (κ3) is 8.41. The van der Waals surface area contributed by atoms with Crippen LogP contribution in [0.15, 0.2) is 170 Å². The number of nitrogens with zero attached hydrogens (tertiary/aromatic N) is 1. The number of hydrogen-bond acceptors (Lipinski definition) is 2. The molecule has 0 N–H and O–H groups in total. The summed E-state index contributed by atoms with van der Waals surface area (Å²) in [6, 6.07) is 61.1. The predicted octanol–water partition coefficient (Wildman–Crippen LogP) is 13.6. The van der Waals surface area contributed by atoms with Crippen LogP contribution in [0.5, 0.6) is 5.75 Å². The van der Waals surface area contributed by atoms with Gasteiger partial charge in [-0.1, -0.05) is 144 Å². The van der Waals surface area contributed by atoms with Gasteiger partial charge in [0.1, 0.15) is 5.75 Å². The molecular weight excluding hydrogens is 643 g/mol. The van der Waals surface area contributed by atoms with Crippen LogP contribution in [0.3, 0.4) is 0 Å². The Morgan fingerprint density at radius 1 is 0.358 bits per heavy atom. The summed E-state index contributed by atoms with van der Waals surface area (Å²) < 4.78 is 5.51. The van der Waals surface area contributed by atoms with Crippen LogP contribution in [0.4, 0.5) is 17.1 Å². The Morgan fingerprint density at radius 2 is 0.623 bits per heavy atom. The molecule has 0 aliphatic rings. The normalized spacial score (nSPS) is 10.7. The van der Waals surface area contributed by atoms with E-state index in [1.54, 1.807) is 7.11 Å². The van der Waals surface area contributed by atoms with E-state index in [1.165, 1.54) is 55.7 Å². The van der Waals surface area contributed by atoms with Gasteiger partial charge in [-0.2, -0.15) is 0 Å². The van der Waals surface area contributed by atoms with Gasteiger partial charge in [0.2, 0.25) is 0 Å². The average molecular weight is 688 g/mol. The summed E-state index contributed by atoms with van der Waals surface area (Å²) in [6.07, 6.45) is 4.58. The largest absolute Gasteiger partial charge is 0.497 e. The molecule has 53 heavy (non-hydrogen) atoms. The molecule has 0 saturated carbocycles. The van der Waals surface area contributed by atoms with Crippen LogP contribution in [0.1, 0.15) is 55.6 Å². The lowest BCUT2D eigenvalue weighted by Crippen LogP contribution is -2.09. The Hall–Kier alpha value is -6.38. The van der Waals surface area contributed by atoms with Crippen molar-refractivity contribution in [2.45, 2.75) is 27.7 Å². The summed E-state index contributed by atoms with van der Waals surface area (Å²) in [6.45, 7) is 8.52. The van der Waals surface area contributed by atoms with Crippen LogP contribution < -0.4 is 9.64 Å². The van der Waals surface area contributed by atoms with Crippen LogP contribution in [0, 0.1) is 27.7 Å². The zero-order valence-corrected chi connectivity index (χ0v) is 31.2. The average Bonchev–Trinajstić information content (AvgIpc) is 3.19. The van der Waals surface area contributed by atoms with Gasteiger partial charge < -0.3 is 9.64 Å². The zero-order valence-electron chi connectivity index (χ0n) is 31.2. The van der Waals surface area contributed by atoms with E-state index in [0.29, 0.717) is 0 Å². The lowest BCUT2D eigenvalue weighted by molar-refractivity contribution is 0.415. The molecule has 7 rings (SSSR count).